The molecule has 0 radical (unpaired) electrons. The van der Waals surface area contributed by atoms with Crippen LogP contribution in [-0.4, -0.2) is 43.5 Å². The third-order valence-corrected chi connectivity index (χ3v) is 4.22. The Morgan fingerprint density at radius 1 is 0.923 bits per heavy atom. The summed E-state index contributed by atoms with van der Waals surface area (Å²) in [6.45, 7) is 1.92. The maximum atomic E-state index is 13.6. The van der Waals surface area contributed by atoms with Crippen molar-refractivity contribution in [2.45, 2.75) is 25.9 Å². The molecule has 0 aliphatic rings. The van der Waals surface area contributed by atoms with Crippen LogP contribution < -0.4 is 5.32 Å². The number of hydrogen-bond acceptors (Lipinski definition) is 2. The first-order chi connectivity index (χ1) is 12.5. The van der Waals surface area contributed by atoms with Gasteiger partial charge >= 0.3 is 6.03 Å². The molecule has 2 aromatic carbocycles. The van der Waals surface area contributed by atoms with Crippen LogP contribution in [-0.2, 0) is 19.5 Å². The maximum Gasteiger partial charge on any atom is 0.317 e. The summed E-state index contributed by atoms with van der Waals surface area (Å²) in [7, 11) is 5.85. The van der Waals surface area contributed by atoms with Crippen LogP contribution in [0.15, 0.2) is 48.5 Å². The van der Waals surface area contributed by atoms with Crippen molar-refractivity contribution in [1.29, 1.82) is 0 Å². The molecule has 0 aliphatic heterocycles. The van der Waals surface area contributed by atoms with Crippen LogP contribution in [0.25, 0.3) is 0 Å². The molecule has 0 saturated carbocycles. The van der Waals surface area contributed by atoms with Gasteiger partial charge in [-0.05, 0) is 49.7 Å². The zero-order chi connectivity index (χ0) is 18.9. The van der Waals surface area contributed by atoms with Crippen LogP contribution in [0.2, 0.25) is 0 Å². The highest BCUT2D eigenvalue weighted by Crippen LogP contribution is 2.13. The molecule has 0 saturated heterocycles. The molecular weight excluding hydrogens is 329 g/mol. The zero-order valence-corrected chi connectivity index (χ0v) is 15.8. The smallest absolute Gasteiger partial charge is 0.317 e. The quantitative estimate of drug-likeness (QED) is 0.732. The Hall–Kier alpha value is -2.40. The van der Waals surface area contributed by atoms with Gasteiger partial charge in [-0.1, -0.05) is 42.5 Å². The van der Waals surface area contributed by atoms with E-state index < -0.39 is 0 Å². The van der Waals surface area contributed by atoms with Crippen LogP contribution >= 0.6 is 0 Å². The van der Waals surface area contributed by atoms with E-state index in [-0.39, 0.29) is 11.8 Å². The van der Waals surface area contributed by atoms with E-state index in [0.29, 0.717) is 31.5 Å². The van der Waals surface area contributed by atoms with Crippen molar-refractivity contribution in [1.82, 2.24) is 15.1 Å². The van der Waals surface area contributed by atoms with Crippen molar-refractivity contribution in [2.24, 2.45) is 0 Å². The fourth-order valence-corrected chi connectivity index (χ4v) is 2.84. The fourth-order valence-electron chi connectivity index (χ4n) is 2.84. The first-order valence-electron chi connectivity index (χ1n) is 8.91. The van der Waals surface area contributed by atoms with Crippen molar-refractivity contribution in [3.63, 3.8) is 0 Å². The summed E-state index contributed by atoms with van der Waals surface area (Å²) in [4.78, 5) is 16.1. The van der Waals surface area contributed by atoms with E-state index in [1.54, 1.807) is 24.1 Å². The van der Waals surface area contributed by atoms with E-state index in [4.69, 9.17) is 0 Å². The molecule has 0 fully saturated rings. The lowest BCUT2D eigenvalue weighted by Crippen LogP contribution is -2.37. The third kappa shape index (κ3) is 6.15. The molecule has 0 bridgehead atoms. The monoisotopic (exact) mass is 357 g/mol. The molecule has 0 spiro atoms. The third-order valence-electron chi connectivity index (χ3n) is 4.22. The minimum Gasteiger partial charge on any atom is -0.338 e. The van der Waals surface area contributed by atoms with Crippen molar-refractivity contribution < 1.29 is 9.18 Å². The number of amides is 2. The Morgan fingerprint density at radius 2 is 1.50 bits per heavy atom. The van der Waals surface area contributed by atoms with Crippen LogP contribution in [0.3, 0.4) is 0 Å². The highest BCUT2D eigenvalue weighted by molar-refractivity contribution is 5.73. The van der Waals surface area contributed by atoms with Crippen molar-refractivity contribution in [3.8, 4) is 0 Å². The Kier molecular flexibility index (Phi) is 7.60. The van der Waals surface area contributed by atoms with Gasteiger partial charge in [-0.15, -0.1) is 0 Å². The summed E-state index contributed by atoms with van der Waals surface area (Å²) in [5.74, 6) is -0.187. The summed E-state index contributed by atoms with van der Waals surface area (Å²) in [5, 5.41) is 2.91. The topological polar surface area (TPSA) is 35.6 Å². The van der Waals surface area contributed by atoms with E-state index >= 15 is 0 Å². The lowest BCUT2D eigenvalue weighted by molar-refractivity contribution is 0.206. The minimum atomic E-state index is -0.187. The Labute approximate surface area is 155 Å². The zero-order valence-electron chi connectivity index (χ0n) is 15.8. The van der Waals surface area contributed by atoms with E-state index in [9.17, 15) is 9.18 Å². The van der Waals surface area contributed by atoms with E-state index in [2.05, 4.69) is 22.3 Å². The van der Waals surface area contributed by atoms with Gasteiger partial charge in [0.05, 0.1) is 0 Å². The molecule has 0 unspecified atom stereocenters. The second-order valence-corrected chi connectivity index (χ2v) is 6.79. The van der Waals surface area contributed by atoms with Crippen LogP contribution in [0.5, 0.6) is 0 Å². The molecule has 26 heavy (non-hydrogen) atoms. The Bertz CT molecular complexity index is 718. The highest BCUT2D eigenvalue weighted by Gasteiger charge is 2.11. The van der Waals surface area contributed by atoms with Crippen molar-refractivity contribution in [2.75, 3.05) is 27.7 Å². The summed E-state index contributed by atoms with van der Waals surface area (Å²) in [5.41, 5.74) is 3.05. The number of carbonyl (C=O) groups excluding carboxylic acids is 1. The standard InChI is InChI=1S/C21H28FN3O/c1-24(2)15-18-10-4-5-11-19(18)16-25(3)21(26)23-14-8-12-17-9-6-7-13-20(17)22/h4-7,9-11,13H,8,12,14-16H2,1-3H3,(H,23,26). The summed E-state index contributed by atoms with van der Waals surface area (Å²) in [6.07, 6.45) is 1.32. The van der Waals surface area contributed by atoms with Gasteiger partial charge in [0.2, 0.25) is 0 Å². The van der Waals surface area contributed by atoms with Gasteiger partial charge in [0.1, 0.15) is 5.82 Å². The second-order valence-electron chi connectivity index (χ2n) is 6.79. The van der Waals surface area contributed by atoms with Gasteiger partial charge in [0.25, 0.3) is 0 Å². The second kappa shape index (κ2) is 9.92. The number of benzene rings is 2. The lowest BCUT2D eigenvalue weighted by atomic mass is 10.1. The number of halogens is 1. The SMILES string of the molecule is CN(C)Cc1ccccc1CN(C)C(=O)NCCCc1ccccc1F. The molecule has 2 aromatic rings. The number of carbonyl (C=O) groups is 1. The van der Waals surface area contributed by atoms with Gasteiger partial charge in [-0.25, -0.2) is 9.18 Å². The van der Waals surface area contributed by atoms with Gasteiger partial charge in [-0.3, -0.25) is 0 Å². The number of nitrogens with zero attached hydrogens (tertiary/aromatic N) is 2. The number of nitrogens with one attached hydrogen (secondary N) is 1. The number of rotatable bonds is 8. The molecule has 2 amide bonds. The predicted molar refractivity (Wildman–Crippen MR) is 103 cm³/mol. The Morgan fingerprint density at radius 3 is 2.12 bits per heavy atom. The Balaban J connectivity index is 1.80. The molecule has 5 heteroatoms. The molecule has 0 aliphatic carbocycles. The van der Waals surface area contributed by atoms with E-state index in [0.717, 1.165) is 12.1 Å². The van der Waals surface area contributed by atoms with E-state index in [1.807, 2.05) is 32.3 Å². The average molecular weight is 357 g/mol. The molecule has 4 nitrogen and oxygen atoms in total. The van der Waals surface area contributed by atoms with Crippen LogP contribution in [0, 0.1) is 5.82 Å². The van der Waals surface area contributed by atoms with Gasteiger partial charge < -0.3 is 15.1 Å². The molecule has 140 valence electrons. The molecule has 0 heterocycles. The lowest BCUT2D eigenvalue weighted by Gasteiger charge is -2.21. The van der Waals surface area contributed by atoms with E-state index in [1.165, 1.54) is 11.6 Å². The first-order valence-corrected chi connectivity index (χ1v) is 8.91. The highest BCUT2D eigenvalue weighted by atomic mass is 19.1. The summed E-state index contributed by atoms with van der Waals surface area (Å²) < 4.78 is 13.6. The fraction of sp³-hybridized carbons (Fsp3) is 0.381. The van der Waals surface area contributed by atoms with Gasteiger partial charge in [0.15, 0.2) is 0 Å². The number of hydrogen-bond donors (Lipinski definition) is 1. The molecule has 2 rings (SSSR count). The minimum absolute atomic E-state index is 0.113. The van der Waals surface area contributed by atoms with Crippen LogP contribution in [0.4, 0.5) is 9.18 Å². The maximum absolute atomic E-state index is 13.6. The largest absolute Gasteiger partial charge is 0.338 e. The molecular formula is C21H28FN3O. The molecule has 1 N–H and O–H groups in total. The number of aryl methyl sites for hydroxylation is 1. The van der Waals surface area contributed by atoms with Crippen molar-refractivity contribution in [3.05, 3.63) is 71.0 Å². The van der Waals surface area contributed by atoms with Gasteiger partial charge in [0, 0.05) is 26.7 Å². The predicted octanol–water partition coefficient (Wildman–Crippen LogP) is 3.66. The molecule has 0 atom stereocenters. The summed E-state index contributed by atoms with van der Waals surface area (Å²) in [6, 6.07) is 14.8. The summed E-state index contributed by atoms with van der Waals surface area (Å²) >= 11 is 0. The number of urea groups is 1. The van der Waals surface area contributed by atoms with Crippen molar-refractivity contribution >= 4 is 6.03 Å². The first kappa shape index (κ1) is 19.9. The normalized spacial score (nSPS) is 10.8. The van der Waals surface area contributed by atoms with Gasteiger partial charge in [-0.2, -0.15) is 0 Å². The molecule has 0 aromatic heterocycles. The average Bonchev–Trinajstić information content (AvgIpc) is 2.61. The van der Waals surface area contributed by atoms with Crippen LogP contribution in [0.1, 0.15) is 23.1 Å².